The van der Waals surface area contributed by atoms with E-state index in [2.05, 4.69) is 10.3 Å². The highest BCUT2D eigenvalue weighted by Crippen LogP contribution is 2.32. The third kappa shape index (κ3) is 2.32. The standard InChI is InChI=1S/C16H17N3O/c1-10-5-3-4-6-13(10)18-16-11(2)20-15-9-12(17)7-8-14(15)19-16/h3-9,11H,17H2,1-2H3,(H,18,19). The molecule has 0 amide bonds. The van der Waals surface area contributed by atoms with Crippen molar-refractivity contribution in [1.82, 2.24) is 0 Å². The Kier molecular flexibility index (Phi) is 3.06. The van der Waals surface area contributed by atoms with Gasteiger partial charge in [-0.05, 0) is 37.6 Å². The molecule has 2 aromatic rings. The van der Waals surface area contributed by atoms with Crippen molar-refractivity contribution in [3.63, 3.8) is 0 Å². The summed E-state index contributed by atoms with van der Waals surface area (Å²) >= 11 is 0. The number of hydrogen-bond donors (Lipinski definition) is 2. The molecule has 20 heavy (non-hydrogen) atoms. The zero-order chi connectivity index (χ0) is 14.1. The maximum absolute atomic E-state index is 5.86. The maximum atomic E-state index is 5.86. The third-order valence-electron chi connectivity index (χ3n) is 3.31. The molecule has 102 valence electrons. The third-order valence-corrected chi connectivity index (χ3v) is 3.31. The summed E-state index contributed by atoms with van der Waals surface area (Å²) in [5.41, 5.74) is 9.44. The van der Waals surface area contributed by atoms with Gasteiger partial charge in [-0.3, -0.25) is 0 Å². The van der Waals surface area contributed by atoms with Gasteiger partial charge in [0, 0.05) is 11.8 Å². The van der Waals surface area contributed by atoms with E-state index < -0.39 is 0 Å². The Hall–Kier alpha value is -2.49. The highest BCUT2D eigenvalue weighted by atomic mass is 16.5. The number of nitrogen functional groups attached to an aromatic ring is 1. The molecular weight excluding hydrogens is 250 g/mol. The quantitative estimate of drug-likeness (QED) is 0.777. The number of fused-ring (bicyclic) bond motifs is 1. The van der Waals surface area contributed by atoms with Gasteiger partial charge in [0.2, 0.25) is 0 Å². The second-order valence-electron chi connectivity index (χ2n) is 4.92. The van der Waals surface area contributed by atoms with Gasteiger partial charge >= 0.3 is 0 Å². The van der Waals surface area contributed by atoms with Crippen molar-refractivity contribution < 1.29 is 4.74 Å². The van der Waals surface area contributed by atoms with Crippen LogP contribution in [0.4, 0.5) is 17.1 Å². The molecule has 3 N–H and O–H groups in total. The topological polar surface area (TPSA) is 59.6 Å². The number of rotatable bonds is 1. The van der Waals surface area contributed by atoms with Crippen LogP contribution in [-0.2, 0) is 0 Å². The Balaban J connectivity index is 1.97. The minimum absolute atomic E-state index is 0.135. The van der Waals surface area contributed by atoms with Crippen LogP contribution in [0.15, 0.2) is 47.5 Å². The molecule has 1 aliphatic rings. The fourth-order valence-corrected chi connectivity index (χ4v) is 2.16. The van der Waals surface area contributed by atoms with E-state index in [4.69, 9.17) is 10.5 Å². The Morgan fingerprint density at radius 2 is 2.00 bits per heavy atom. The summed E-state index contributed by atoms with van der Waals surface area (Å²) in [6.45, 7) is 4.01. The molecule has 0 saturated carbocycles. The molecule has 1 aliphatic heterocycles. The number of nitrogens with two attached hydrogens (primary N) is 1. The molecule has 0 fully saturated rings. The van der Waals surface area contributed by atoms with Crippen LogP contribution >= 0.6 is 0 Å². The predicted molar refractivity (Wildman–Crippen MR) is 82.8 cm³/mol. The normalized spacial score (nSPS) is 19.1. The summed E-state index contributed by atoms with van der Waals surface area (Å²) in [6, 6.07) is 13.6. The van der Waals surface area contributed by atoms with E-state index in [1.54, 1.807) is 0 Å². The molecule has 1 unspecified atom stereocenters. The van der Waals surface area contributed by atoms with E-state index in [9.17, 15) is 0 Å². The summed E-state index contributed by atoms with van der Waals surface area (Å²) in [7, 11) is 0. The summed E-state index contributed by atoms with van der Waals surface area (Å²) in [6.07, 6.45) is -0.135. The summed E-state index contributed by atoms with van der Waals surface area (Å²) in [5, 5.41) is 3.32. The number of amidine groups is 1. The number of para-hydroxylation sites is 1. The molecule has 1 atom stereocenters. The van der Waals surface area contributed by atoms with Gasteiger partial charge in [-0.15, -0.1) is 0 Å². The Morgan fingerprint density at radius 3 is 2.80 bits per heavy atom. The first kappa shape index (κ1) is 12.5. The average Bonchev–Trinajstić information content (AvgIpc) is 2.42. The minimum atomic E-state index is -0.135. The van der Waals surface area contributed by atoms with Gasteiger partial charge in [0.15, 0.2) is 6.10 Å². The number of hydrogen-bond acceptors (Lipinski definition) is 3. The first-order valence-corrected chi connectivity index (χ1v) is 6.61. The molecule has 4 nitrogen and oxygen atoms in total. The molecular formula is C16H17N3O. The first-order valence-electron chi connectivity index (χ1n) is 6.61. The number of benzene rings is 2. The van der Waals surface area contributed by atoms with Crippen molar-refractivity contribution >= 4 is 22.9 Å². The van der Waals surface area contributed by atoms with Crippen molar-refractivity contribution in [1.29, 1.82) is 0 Å². The average molecular weight is 267 g/mol. The highest BCUT2D eigenvalue weighted by molar-refractivity contribution is 6.03. The van der Waals surface area contributed by atoms with Gasteiger partial charge in [0.1, 0.15) is 11.6 Å². The Morgan fingerprint density at radius 1 is 1.20 bits per heavy atom. The van der Waals surface area contributed by atoms with Crippen LogP contribution in [0.3, 0.4) is 0 Å². The van der Waals surface area contributed by atoms with E-state index in [0.717, 1.165) is 28.5 Å². The second kappa shape index (κ2) is 4.89. The molecule has 0 saturated heterocycles. The van der Waals surface area contributed by atoms with Crippen LogP contribution < -0.4 is 15.8 Å². The fourth-order valence-electron chi connectivity index (χ4n) is 2.16. The Labute approximate surface area is 118 Å². The lowest BCUT2D eigenvalue weighted by atomic mass is 10.2. The predicted octanol–water partition coefficient (Wildman–Crippen LogP) is 3.50. The van der Waals surface area contributed by atoms with E-state index in [-0.39, 0.29) is 6.10 Å². The number of aryl methyl sites for hydroxylation is 1. The first-order chi connectivity index (χ1) is 9.63. The molecule has 0 spiro atoms. The van der Waals surface area contributed by atoms with Crippen LogP contribution in [0.1, 0.15) is 12.5 Å². The maximum Gasteiger partial charge on any atom is 0.153 e. The molecule has 0 aromatic heterocycles. The number of anilines is 2. The highest BCUT2D eigenvalue weighted by Gasteiger charge is 2.22. The van der Waals surface area contributed by atoms with E-state index in [0.29, 0.717) is 5.69 Å². The number of ether oxygens (including phenoxy) is 1. The lowest BCUT2D eigenvalue weighted by molar-refractivity contribution is 0.283. The number of nitrogens with one attached hydrogen (secondary N) is 1. The molecule has 0 bridgehead atoms. The SMILES string of the molecule is Cc1ccccc1N=C1Nc2ccc(N)cc2OC1C. The molecule has 0 radical (unpaired) electrons. The van der Waals surface area contributed by atoms with Crippen molar-refractivity contribution in [3.05, 3.63) is 48.0 Å². The van der Waals surface area contributed by atoms with Crippen molar-refractivity contribution in [2.75, 3.05) is 11.1 Å². The molecule has 3 rings (SSSR count). The lowest BCUT2D eigenvalue weighted by Gasteiger charge is -2.26. The lowest BCUT2D eigenvalue weighted by Crippen LogP contribution is -2.34. The number of nitrogens with zero attached hydrogens (tertiary/aromatic N) is 1. The van der Waals surface area contributed by atoms with Crippen LogP contribution in [0.25, 0.3) is 0 Å². The summed E-state index contributed by atoms with van der Waals surface area (Å²) in [5.74, 6) is 1.57. The van der Waals surface area contributed by atoms with Gasteiger partial charge in [0.05, 0.1) is 11.4 Å². The van der Waals surface area contributed by atoms with E-state index >= 15 is 0 Å². The van der Waals surface area contributed by atoms with Crippen LogP contribution in [0, 0.1) is 6.92 Å². The molecule has 1 heterocycles. The van der Waals surface area contributed by atoms with Gasteiger partial charge in [0.25, 0.3) is 0 Å². The van der Waals surface area contributed by atoms with Crippen LogP contribution in [0.2, 0.25) is 0 Å². The zero-order valence-electron chi connectivity index (χ0n) is 11.6. The van der Waals surface area contributed by atoms with Crippen LogP contribution in [-0.4, -0.2) is 11.9 Å². The van der Waals surface area contributed by atoms with Gasteiger partial charge in [-0.25, -0.2) is 4.99 Å². The monoisotopic (exact) mass is 267 g/mol. The Bertz CT molecular complexity index is 679. The molecule has 4 heteroatoms. The van der Waals surface area contributed by atoms with Crippen LogP contribution in [0.5, 0.6) is 5.75 Å². The molecule has 0 aliphatic carbocycles. The largest absolute Gasteiger partial charge is 0.481 e. The molecule has 2 aromatic carbocycles. The van der Waals surface area contributed by atoms with Gasteiger partial charge in [-0.1, -0.05) is 18.2 Å². The van der Waals surface area contributed by atoms with Crippen molar-refractivity contribution in [2.24, 2.45) is 4.99 Å². The minimum Gasteiger partial charge on any atom is -0.481 e. The van der Waals surface area contributed by atoms with E-state index in [1.165, 1.54) is 0 Å². The van der Waals surface area contributed by atoms with Gasteiger partial charge in [-0.2, -0.15) is 0 Å². The summed E-state index contributed by atoms with van der Waals surface area (Å²) in [4.78, 5) is 4.67. The van der Waals surface area contributed by atoms with Crippen molar-refractivity contribution in [3.8, 4) is 5.75 Å². The summed E-state index contributed by atoms with van der Waals surface area (Å²) < 4.78 is 5.86. The van der Waals surface area contributed by atoms with E-state index in [1.807, 2.05) is 56.3 Å². The van der Waals surface area contributed by atoms with Crippen molar-refractivity contribution in [2.45, 2.75) is 20.0 Å². The zero-order valence-corrected chi connectivity index (χ0v) is 11.6. The fraction of sp³-hybridized carbons (Fsp3) is 0.188. The van der Waals surface area contributed by atoms with Gasteiger partial charge < -0.3 is 15.8 Å². The second-order valence-corrected chi connectivity index (χ2v) is 4.92. The number of aliphatic imine (C=N–C) groups is 1. The smallest absolute Gasteiger partial charge is 0.153 e.